The number of carbonyl (C=O) groups is 1. The van der Waals surface area contributed by atoms with Crippen LogP contribution in [-0.2, 0) is 23.1 Å². The fourth-order valence-corrected chi connectivity index (χ4v) is 5.56. The van der Waals surface area contributed by atoms with Gasteiger partial charge in [-0.15, -0.1) is 5.10 Å². The molecule has 0 bridgehead atoms. The SMILES string of the molecule is Cn1ccnc1CN(C(=O)[C@@H]1O[C@H](CO)[C@H](O)[C@H](n2cc(-c3cc(F)c(F)c(F)c3)nn2)[C@H]1O)[C@H]1CCCC[C@@H]1O. The second-order valence-corrected chi connectivity index (χ2v) is 10.4. The van der Waals surface area contributed by atoms with Gasteiger partial charge in [-0.25, -0.2) is 22.8 Å². The number of aliphatic hydroxyl groups excluding tert-OH is 4. The molecule has 3 aromatic rings. The van der Waals surface area contributed by atoms with Gasteiger partial charge in [-0.2, -0.15) is 0 Å². The standard InChI is InChI=1S/C26H31F3N6O6/c1-33-7-6-30-20(33)11-34(17-4-2-3-5-18(17)37)26(40)25-24(39)22(23(38)19(12-36)41-25)35-10-16(31-32-35)13-8-14(27)21(29)15(28)9-13/h6-10,17-19,22-25,36-39H,2-5,11-12H2,1H3/t17-,18-,19+,22-,23-,24+,25+/m0/s1. The monoisotopic (exact) mass is 580 g/mol. The first-order valence-corrected chi connectivity index (χ1v) is 13.2. The van der Waals surface area contributed by atoms with E-state index in [0.29, 0.717) is 18.7 Å². The summed E-state index contributed by atoms with van der Waals surface area (Å²) in [5.41, 5.74) is -0.249. The molecule has 1 saturated carbocycles. The molecule has 0 unspecified atom stereocenters. The van der Waals surface area contributed by atoms with Crippen molar-refractivity contribution in [2.24, 2.45) is 7.05 Å². The summed E-state index contributed by atoms with van der Waals surface area (Å²) in [7, 11) is 1.75. The summed E-state index contributed by atoms with van der Waals surface area (Å²) in [6.07, 6.45) is -0.0373. The second-order valence-electron chi connectivity index (χ2n) is 10.4. The fraction of sp³-hybridized carbons (Fsp3) is 0.538. The minimum Gasteiger partial charge on any atom is -0.394 e. The van der Waals surface area contributed by atoms with Gasteiger partial charge in [0.15, 0.2) is 23.6 Å². The van der Waals surface area contributed by atoms with Crippen molar-refractivity contribution in [2.75, 3.05) is 6.61 Å². The number of hydrogen-bond acceptors (Lipinski definition) is 9. The summed E-state index contributed by atoms with van der Waals surface area (Å²) in [4.78, 5) is 19.7. The number of aliphatic hydroxyl groups is 4. The first-order valence-electron chi connectivity index (χ1n) is 13.2. The number of nitrogens with zero attached hydrogens (tertiary/aromatic N) is 6. The molecular formula is C26H31F3N6O6. The van der Waals surface area contributed by atoms with Crippen molar-refractivity contribution in [1.29, 1.82) is 0 Å². The Hall–Kier alpha value is -3.37. The van der Waals surface area contributed by atoms with Crippen LogP contribution in [0.2, 0.25) is 0 Å². The minimum atomic E-state index is -1.72. The van der Waals surface area contributed by atoms with Crippen molar-refractivity contribution in [1.82, 2.24) is 29.4 Å². The number of imidazole rings is 1. The Morgan fingerprint density at radius 1 is 1.12 bits per heavy atom. The van der Waals surface area contributed by atoms with Gasteiger partial charge >= 0.3 is 0 Å². The predicted octanol–water partition coefficient (Wildman–Crippen LogP) is 0.451. The molecule has 2 aromatic heterocycles. The topological polar surface area (TPSA) is 159 Å². The van der Waals surface area contributed by atoms with Gasteiger partial charge < -0.3 is 34.6 Å². The smallest absolute Gasteiger partial charge is 0.255 e. The lowest BCUT2D eigenvalue weighted by molar-refractivity contribution is -0.214. The van der Waals surface area contributed by atoms with Crippen LogP contribution in [0.1, 0.15) is 37.5 Å². The molecule has 3 heterocycles. The Balaban J connectivity index is 1.47. The fourth-order valence-electron chi connectivity index (χ4n) is 5.56. The van der Waals surface area contributed by atoms with E-state index in [1.165, 1.54) is 11.1 Å². The van der Waals surface area contributed by atoms with Crippen molar-refractivity contribution in [2.45, 2.75) is 74.8 Å². The van der Waals surface area contributed by atoms with Crippen LogP contribution >= 0.6 is 0 Å². The molecule has 0 radical (unpaired) electrons. The third-order valence-corrected chi connectivity index (χ3v) is 7.84. The van der Waals surface area contributed by atoms with E-state index in [2.05, 4.69) is 15.3 Å². The van der Waals surface area contributed by atoms with Crippen LogP contribution in [0.5, 0.6) is 0 Å². The molecule has 41 heavy (non-hydrogen) atoms. The van der Waals surface area contributed by atoms with Crippen LogP contribution in [-0.4, -0.2) is 98.9 Å². The third-order valence-electron chi connectivity index (χ3n) is 7.84. The highest BCUT2D eigenvalue weighted by atomic mass is 19.2. The van der Waals surface area contributed by atoms with Crippen LogP contribution in [0.15, 0.2) is 30.7 Å². The number of benzene rings is 1. The first kappa shape index (κ1) is 29.1. The van der Waals surface area contributed by atoms with E-state index < -0.39 is 72.6 Å². The number of hydrogen-bond donors (Lipinski definition) is 4. The van der Waals surface area contributed by atoms with Crippen molar-refractivity contribution in [3.63, 3.8) is 0 Å². The van der Waals surface area contributed by atoms with Gasteiger partial charge in [0, 0.05) is 25.0 Å². The van der Waals surface area contributed by atoms with E-state index in [4.69, 9.17) is 4.74 Å². The average molecular weight is 581 g/mol. The minimum absolute atomic E-state index is 0.00280. The molecule has 2 fully saturated rings. The number of rotatable bonds is 7. The van der Waals surface area contributed by atoms with Gasteiger partial charge in [0.05, 0.1) is 31.5 Å². The number of halogens is 3. The molecule has 2 aliphatic rings. The maximum absolute atomic E-state index is 14.0. The molecule has 15 heteroatoms. The largest absolute Gasteiger partial charge is 0.394 e. The van der Waals surface area contributed by atoms with Gasteiger partial charge in [0.1, 0.15) is 35.9 Å². The first-order chi connectivity index (χ1) is 19.6. The lowest BCUT2D eigenvalue weighted by Crippen LogP contribution is -2.62. The van der Waals surface area contributed by atoms with Gasteiger partial charge in [0.2, 0.25) is 0 Å². The molecule has 1 aromatic carbocycles. The van der Waals surface area contributed by atoms with Crippen LogP contribution in [0.3, 0.4) is 0 Å². The molecular weight excluding hydrogens is 549 g/mol. The van der Waals surface area contributed by atoms with Gasteiger partial charge in [-0.1, -0.05) is 18.1 Å². The maximum atomic E-state index is 14.0. The van der Waals surface area contributed by atoms with E-state index in [-0.39, 0.29) is 17.8 Å². The Kier molecular flexibility index (Phi) is 8.42. The number of amides is 1. The van der Waals surface area contributed by atoms with E-state index in [0.717, 1.165) is 29.7 Å². The Morgan fingerprint density at radius 3 is 2.46 bits per heavy atom. The Morgan fingerprint density at radius 2 is 1.83 bits per heavy atom. The average Bonchev–Trinajstić information content (AvgIpc) is 3.60. The molecule has 1 amide bonds. The summed E-state index contributed by atoms with van der Waals surface area (Å²) in [5.74, 6) is -4.70. The van der Waals surface area contributed by atoms with Crippen LogP contribution in [0, 0.1) is 17.5 Å². The van der Waals surface area contributed by atoms with Crippen LogP contribution in [0.4, 0.5) is 13.2 Å². The molecule has 7 atom stereocenters. The normalized spacial score (nSPS) is 28.5. The highest BCUT2D eigenvalue weighted by molar-refractivity contribution is 5.82. The molecule has 0 spiro atoms. The molecule has 1 aliphatic heterocycles. The van der Waals surface area contributed by atoms with Crippen molar-refractivity contribution in [3.05, 3.63) is 54.0 Å². The zero-order valence-corrected chi connectivity index (χ0v) is 22.1. The second kappa shape index (κ2) is 11.9. The van der Waals surface area contributed by atoms with Crippen LogP contribution in [0.25, 0.3) is 11.3 Å². The quantitative estimate of drug-likeness (QED) is 0.291. The molecule has 1 saturated heterocycles. The molecule has 4 N–H and O–H groups in total. The highest BCUT2D eigenvalue weighted by Crippen LogP contribution is 2.34. The van der Waals surface area contributed by atoms with E-state index in [1.54, 1.807) is 24.0 Å². The Labute approximate surface area is 232 Å². The lowest BCUT2D eigenvalue weighted by atomic mass is 9.88. The summed E-state index contributed by atoms with van der Waals surface area (Å²) in [6.45, 7) is -0.710. The van der Waals surface area contributed by atoms with Gasteiger partial charge in [0.25, 0.3) is 5.91 Å². The number of ether oxygens (including phenoxy) is 1. The van der Waals surface area contributed by atoms with E-state index >= 15 is 0 Å². The molecule has 5 rings (SSSR count). The predicted molar refractivity (Wildman–Crippen MR) is 134 cm³/mol. The maximum Gasteiger partial charge on any atom is 0.255 e. The molecule has 222 valence electrons. The lowest BCUT2D eigenvalue weighted by Gasteiger charge is -2.45. The van der Waals surface area contributed by atoms with E-state index in [1.807, 2.05) is 0 Å². The van der Waals surface area contributed by atoms with Gasteiger partial charge in [-0.05, 0) is 25.0 Å². The summed E-state index contributed by atoms with van der Waals surface area (Å²) in [6, 6.07) is -0.532. The van der Waals surface area contributed by atoms with Gasteiger partial charge in [-0.3, -0.25) is 4.79 Å². The zero-order chi connectivity index (χ0) is 29.4. The number of aromatic nitrogens is 5. The van der Waals surface area contributed by atoms with E-state index in [9.17, 15) is 38.4 Å². The summed E-state index contributed by atoms with van der Waals surface area (Å²) < 4.78 is 49.5. The number of aryl methyl sites for hydroxylation is 1. The molecule has 1 aliphatic carbocycles. The zero-order valence-electron chi connectivity index (χ0n) is 22.1. The third kappa shape index (κ3) is 5.59. The summed E-state index contributed by atoms with van der Waals surface area (Å²) >= 11 is 0. The van der Waals surface area contributed by atoms with Crippen molar-refractivity contribution < 1.29 is 43.1 Å². The summed E-state index contributed by atoms with van der Waals surface area (Å²) in [5, 5.41) is 50.8. The van der Waals surface area contributed by atoms with Crippen LogP contribution < -0.4 is 0 Å². The van der Waals surface area contributed by atoms with Crippen molar-refractivity contribution >= 4 is 5.91 Å². The van der Waals surface area contributed by atoms with Crippen molar-refractivity contribution in [3.8, 4) is 11.3 Å². The molecule has 12 nitrogen and oxygen atoms in total. The Bertz CT molecular complexity index is 1360. The number of carbonyl (C=O) groups excluding carboxylic acids is 1. The highest BCUT2D eigenvalue weighted by Gasteiger charge is 2.51.